The van der Waals surface area contributed by atoms with Crippen molar-refractivity contribution in [2.75, 3.05) is 32.7 Å². The lowest BCUT2D eigenvalue weighted by Crippen LogP contribution is -2.51. The second-order valence-electron chi connectivity index (χ2n) is 7.52. The summed E-state index contributed by atoms with van der Waals surface area (Å²) in [6.45, 7) is 6.03. The molecule has 0 saturated carbocycles. The standard InChI is InChI=1S/C22H28ClN3O3S/c1-3-18-7-9-19(10-8-18)17(2)24-22(27)16-25-11-13-26(14-12-25)30(28,29)21-6-4-5-20(23)15-21/h4-10,15,17H,3,11-14,16H2,1-2H3,(H,24,27)/t17-/m1/s1. The van der Waals surface area contributed by atoms with Crippen LogP contribution in [0.25, 0.3) is 0 Å². The molecule has 2 aromatic carbocycles. The van der Waals surface area contributed by atoms with E-state index in [-0.39, 0.29) is 23.4 Å². The zero-order valence-electron chi connectivity index (χ0n) is 17.3. The first-order chi connectivity index (χ1) is 14.3. The maximum Gasteiger partial charge on any atom is 0.243 e. The van der Waals surface area contributed by atoms with Crippen molar-refractivity contribution in [3.05, 3.63) is 64.7 Å². The van der Waals surface area contributed by atoms with Crippen molar-refractivity contribution < 1.29 is 13.2 Å². The van der Waals surface area contributed by atoms with Crippen LogP contribution in [-0.2, 0) is 21.2 Å². The molecule has 30 heavy (non-hydrogen) atoms. The lowest BCUT2D eigenvalue weighted by molar-refractivity contribution is -0.123. The Morgan fingerprint density at radius 1 is 1.10 bits per heavy atom. The highest BCUT2D eigenvalue weighted by Gasteiger charge is 2.29. The first-order valence-electron chi connectivity index (χ1n) is 10.2. The molecule has 2 aromatic rings. The third-order valence-electron chi connectivity index (χ3n) is 5.40. The van der Waals surface area contributed by atoms with Gasteiger partial charge in [-0.25, -0.2) is 8.42 Å². The number of rotatable bonds is 7. The number of nitrogens with zero attached hydrogens (tertiary/aromatic N) is 2. The molecule has 0 aliphatic carbocycles. The number of hydrogen-bond donors (Lipinski definition) is 1. The van der Waals surface area contributed by atoms with Gasteiger partial charge in [0.2, 0.25) is 15.9 Å². The molecule has 1 aliphatic rings. The Bertz CT molecular complexity index is 971. The van der Waals surface area contributed by atoms with Gasteiger partial charge < -0.3 is 5.32 Å². The number of piperazine rings is 1. The molecule has 1 N–H and O–H groups in total. The van der Waals surface area contributed by atoms with Crippen LogP contribution < -0.4 is 5.32 Å². The topological polar surface area (TPSA) is 69.7 Å². The number of amides is 1. The fourth-order valence-electron chi connectivity index (χ4n) is 3.52. The number of hydrogen-bond acceptors (Lipinski definition) is 4. The summed E-state index contributed by atoms with van der Waals surface area (Å²) in [4.78, 5) is 14.6. The molecule has 1 aliphatic heterocycles. The summed E-state index contributed by atoms with van der Waals surface area (Å²) < 4.78 is 27.0. The summed E-state index contributed by atoms with van der Waals surface area (Å²) in [7, 11) is -3.58. The van der Waals surface area contributed by atoms with Crippen LogP contribution >= 0.6 is 11.6 Å². The van der Waals surface area contributed by atoms with Gasteiger partial charge in [0.05, 0.1) is 17.5 Å². The Morgan fingerprint density at radius 2 is 1.77 bits per heavy atom. The SMILES string of the molecule is CCc1ccc([C@@H](C)NC(=O)CN2CCN(S(=O)(=O)c3cccc(Cl)c3)CC2)cc1. The van der Waals surface area contributed by atoms with E-state index in [9.17, 15) is 13.2 Å². The Kier molecular flexibility index (Phi) is 7.52. The zero-order valence-corrected chi connectivity index (χ0v) is 18.9. The van der Waals surface area contributed by atoms with Gasteiger partial charge in [-0.2, -0.15) is 4.31 Å². The van der Waals surface area contributed by atoms with Gasteiger partial charge in [-0.1, -0.05) is 48.9 Å². The Labute approximate surface area is 183 Å². The van der Waals surface area contributed by atoms with Crippen molar-refractivity contribution in [2.24, 2.45) is 0 Å². The monoisotopic (exact) mass is 449 g/mol. The van der Waals surface area contributed by atoms with Crippen LogP contribution in [0.2, 0.25) is 5.02 Å². The molecule has 0 spiro atoms. The van der Waals surface area contributed by atoms with E-state index >= 15 is 0 Å². The van der Waals surface area contributed by atoms with Gasteiger partial charge >= 0.3 is 0 Å². The smallest absolute Gasteiger partial charge is 0.243 e. The molecule has 3 rings (SSSR count). The van der Waals surface area contributed by atoms with E-state index in [2.05, 4.69) is 24.4 Å². The molecule has 0 unspecified atom stereocenters. The second-order valence-corrected chi connectivity index (χ2v) is 9.90. The number of nitrogens with one attached hydrogen (secondary N) is 1. The van der Waals surface area contributed by atoms with Gasteiger partial charge in [-0.3, -0.25) is 9.69 Å². The zero-order chi connectivity index (χ0) is 21.7. The summed E-state index contributed by atoms with van der Waals surface area (Å²) in [5.41, 5.74) is 2.33. The van der Waals surface area contributed by atoms with Crippen molar-refractivity contribution in [1.82, 2.24) is 14.5 Å². The van der Waals surface area contributed by atoms with Crippen molar-refractivity contribution in [2.45, 2.75) is 31.2 Å². The van der Waals surface area contributed by atoms with Crippen molar-refractivity contribution in [1.29, 1.82) is 0 Å². The molecule has 1 amide bonds. The van der Waals surface area contributed by atoms with Gasteiger partial charge in [-0.15, -0.1) is 0 Å². The Hall–Kier alpha value is -1.93. The largest absolute Gasteiger partial charge is 0.348 e. The fraction of sp³-hybridized carbons (Fsp3) is 0.409. The number of halogens is 1. The first-order valence-corrected chi connectivity index (χ1v) is 12.0. The number of carbonyl (C=O) groups excluding carboxylic acids is 1. The fourth-order valence-corrected chi connectivity index (χ4v) is 5.24. The highest BCUT2D eigenvalue weighted by molar-refractivity contribution is 7.89. The molecule has 1 heterocycles. The summed E-state index contributed by atoms with van der Waals surface area (Å²) in [6.07, 6.45) is 0.986. The minimum atomic E-state index is -3.58. The average molecular weight is 450 g/mol. The molecule has 1 atom stereocenters. The van der Waals surface area contributed by atoms with Gasteiger partial charge in [0.15, 0.2) is 0 Å². The van der Waals surface area contributed by atoms with Crippen LogP contribution in [0.4, 0.5) is 0 Å². The maximum absolute atomic E-state index is 12.8. The Morgan fingerprint density at radius 3 is 2.37 bits per heavy atom. The van der Waals surface area contributed by atoms with Crippen LogP contribution in [0.5, 0.6) is 0 Å². The lowest BCUT2D eigenvalue weighted by atomic mass is 10.1. The van der Waals surface area contributed by atoms with E-state index in [4.69, 9.17) is 11.6 Å². The van der Waals surface area contributed by atoms with E-state index in [0.717, 1.165) is 12.0 Å². The quantitative estimate of drug-likeness (QED) is 0.705. The summed E-state index contributed by atoms with van der Waals surface area (Å²) in [5.74, 6) is -0.0618. The average Bonchev–Trinajstić information content (AvgIpc) is 2.74. The predicted octanol–water partition coefficient (Wildman–Crippen LogP) is 3.09. The van der Waals surface area contributed by atoms with Crippen LogP contribution in [0.15, 0.2) is 53.4 Å². The van der Waals surface area contributed by atoms with E-state index in [1.54, 1.807) is 18.2 Å². The third-order valence-corrected chi connectivity index (χ3v) is 7.53. The number of benzene rings is 2. The predicted molar refractivity (Wildman–Crippen MR) is 119 cm³/mol. The summed E-state index contributed by atoms with van der Waals surface area (Å²) in [6, 6.07) is 14.5. The first kappa shape index (κ1) is 22.7. The van der Waals surface area contributed by atoms with Gasteiger partial charge in [0.1, 0.15) is 0 Å². The molecule has 1 fully saturated rings. The van der Waals surface area contributed by atoms with E-state index in [1.165, 1.54) is 15.9 Å². The van der Waals surface area contributed by atoms with E-state index in [1.807, 2.05) is 24.0 Å². The number of sulfonamides is 1. The van der Waals surface area contributed by atoms with Crippen molar-refractivity contribution in [3.8, 4) is 0 Å². The molecule has 8 heteroatoms. The highest BCUT2D eigenvalue weighted by Crippen LogP contribution is 2.21. The summed E-state index contributed by atoms with van der Waals surface area (Å²) in [5, 5.41) is 3.42. The molecule has 0 radical (unpaired) electrons. The maximum atomic E-state index is 12.8. The second kappa shape index (κ2) is 9.92. The normalized spacial score (nSPS) is 16.9. The van der Waals surface area contributed by atoms with Gasteiger partial charge in [0.25, 0.3) is 0 Å². The number of carbonyl (C=O) groups is 1. The molecular formula is C22H28ClN3O3S. The third kappa shape index (κ3) is 5.60. The van der Waals surface area contributed by atoms with Crippen LogP contribution in [0.3, 0.4) is 0 Å². The molecule has 1 saturated heterocycles. The van der Waals surface area contributed by atoms with E-state index < -0.39 is 10.0 Å². The van der Waals surface area contributed by atoms with Crippen LogP contribution in [0, 0.1) is 0 Å². The van der Waals surface area contributed by atoms with E-state index in [0.29, 0.717) is 31.2 Å². The summed E-state index contributed by atoms with van der Waals surface area (Å²) >= 11 is 5.94. The molecule has 0 bridgehead atoms. The molecular weight excluding hydrogens is 422 g/mol. The Balaban J connectivity index is 1.50. The molecule has 0 aromatic heterocycles. The van der Waals surface area contributed by atoms with Crippen molar-refractivity contribution in [3.63, 3.8) is 0 Å². The number of aryl methyl sites for hydroxylation is 1. The van der Waals surface area contributed by atoms with Crippen molar-refractivity contribution >= 4 is 27.5 Å². The van der Waals surface area contributed by atoms with Gasteiger partial charge in [-0.05, 0) is 42.7 Å². The molecule has 6 nitrogen and oxygen atoms in total. The highest BCUT2D eigenvalue weighted by atomic mass is 35.5. The lowest BCUT2D eigenvalue weighted by Gasteiger charge is -2.33. The minimum absolute atomic E-state index is 0.0618. The minimum Gasteiger partial charge on any atom is -0.348 e. The van der Waals surface area contributed by atoms with Crippen LogP contribution in [-0.4, -0.2) is 56.3 Å². The molecule has 162 valence electrons. The van der Waals surface area contributed by atoms with Gasteiger partial charge in [0, 0.05) is 31.2 Å². The van der Waals surface area contributed by atoms with Crippen LogP contribution in [0.1, 0.15) is 31.0 Å².